The highest BCUT2D eigenvalue weighted by atomic mass is 35.5. The first-order valence-electron chi connectivity index (χ1n) is 7.95. The van der Waals surface area contributed by atoms with E-state index >= 15 is 0 Å². The van der Waals surface area contributed by atoms with Gasteiger partial charge in [0.2, 0.25) is 0 Å². The Labute approximate surface area is 156 Å². The molecule has 138 valence electrons. The van der Waals surface area contributed by atoms with Crippen molar-refractivity contribution in [2.75, 3.05) is 18.5 Å². The molecule has 0 radical (unpaired) electrons. The second kappa shape index (κ2) is 9.20. The number of carbonyl (C=O) groups is 2. The lowest BCUT2D eigenvalue weighted by Gasteiger charge is -2.10. The number of halogens is 2. The third kappa shape index (κ3) is 6.04. The van der Waals surface area contributed by atoms with Gasteiger partial charge in [0.25, 0.3) is 5.91 Å². The quantitative estimate of drug-likeness (QED) is 0.737. The fourth-order valence-corrected chi connectivity index (χ4v) is 2.32. The molecular formula is C19H19ClFNO4. The van der Waals surface area contributed by atoms with Gasteiger partial charge in [0.05, 0.1) is 23.7 Å². The first kappa shape index (κ1) is 19.7. The van der Waals surface area contributed by atoms with Crippen molar-refractivity contribution in [3.63, 3.8) is 0 Å². The van der Waals surface area contributed by atoms with Crippen LogP contribution in [0.3, 0.4) is 0 Å². The molecule has 1 amide bonds. The van der Waals surface area contributed by atoms with Crippen LogP contribution in [0.15, 0.2) is 36.4 Å². The van der Waals surface area contributed by atoms with Crippen LogP contribution in [0.25, 0.3) is 0 Å². The van der Waals surface area contributed by atoms with E-state index in [4.69, 9.17) is 21.1 Å². The maximum Gasteiger partial charge on any atom is 0.309 e. The normalized spacial score (nSPS) is 10.3. The summed E-state index contributed by atoms with van der Waals surface area (Å²) in [6.07, 6.45) is 0.0119. The number of benzene rings is 2. The Morgan fingerprint density at radius 2 is 1.92 bits per heavy atom. The molecule has 26 heavy (non-hydrogen) atoms. The topological polar surface area (TPSA) is 64.6 Å². The smallest absolute Gasteiger partial charge is 0.309 e. The number of hydrogen-bond acceptors (Lipinski definition) is 4. The molecule has 2 aromatic rings. The number of aryl methyl sites for hydroxylation is 2. The van der Waals surface area contributed by atoms with E-state index in [1.54, 1.807) is 0 Å². The first-order valence-corrected chi connectivity index (χ1v) is 8.33. The molecule has 0 unspecified atom stereocenters. The molecule has 2 aromatic carbocycles. The highest BCUT2D eigenvalue weighted by molar-refractivity contribution is 6.33. The fraction of sp³-hybridized carbons (Fsp3) is 0.263. The molecule has 0 fully saturated rings. The summed E-state index contributed by atoms with van der Waals surface area (Å²) >= 11 is 5.81. The van der Waals surface area contributed by atoms with Gasteiger partial charge in [-0.05, 0) is 49.2 Å². The van der Waals surface area contributed by atoms with E-state index in [0.29, 0.717) is 5.75 Å². The van der Waals surface area contributed by atoms with Gasteiger partial charge in [0, 0.05) is 0 Å². The van der Waals surface area contributed by atoms with Gasteiger partial charge in [-0.2, -0.15) is 0 Å². The van der Waals surface area contributed by atoms with Crippen LogP contribution in [0.5, 0.6) is 5.75 Å². The molecule has 5 nitrogen and oxygen atoms in total. The van der Waals surface area contributed by atoms with Crippen LogP contribution in [0.4, 0.5) is 10.1 Å². The van der Waals surface area contributed by atoms with Crippen LogP contribution in [-0.2, 0) is 14.3 Å². The van der Waals surface area contributed by atoms with Crippen LogP contribution in [0, 0.1) is 19.7 Å². The molecule has 1 N–H and O–H groups in total. The Morgan fingerprint density at radius 1 is 1.15 bits per heavy atom. The average molecular weight is 380 g/mol. The number of nitrogens with one attached hydrogen (secondary N) is 1. The van der Waals surface area contributed by atoms with Gasteiger partial charge in [0.15, 0.2) is 6.61 Å². The van der Waals surface area contributed by atoms with Gasteiger partial charge in [-0.1, -0.05) is 23.7 Å². The average Bonchev–Trinajstić information content (AvgIpc) is 2.58. The predicted molar refractivity (Wildman–Crippen MR) is 97.0 cm³/mol. The van der Waals surface area contributed by atoms with E-state index in [9.17, 15) is 14.0 Å². The molecule has 0 aromatic heterocycles. The van der Waals surface area contributed by atoms with Crippen molar-refractivity contribution in [1.82, 2.24) is 0 Å². The summed E-state index contributed by atoms with van der Waals surface area (Å²) in [7, 11) is 0. The standard InChI is InChI=1S/C19H19ClFNO4/c1-12-3-4-13(2)17(9-12)25-8-7-19(24)26-11-18(23)22-16-6-5-14(21)10-15(16)20/h3-6,9-10H,7-8,11H2,1-2H3,(H,22,23). The zero-order valence-electron chi connectivity index (χ0n) is 14.5. The number of rotatable bonds is 7. The molecule has 0 saturated carbocycles. The van der Waals surface area contributed by atoms with Crippen LogP contribution in [-0.4, -0.2) is 25.1 Å². The molecule has 0 spiro atoms. The largest absolute Gasteiger partial charge is 0.493 e. The number of amides is 1. The first-order chi connectivity index (χ1) is 12.3. The Bertz CT molecular complexity index is 810. The Kier molecular flexibility index (Phi) is 6.97. The molecular weight excluding hydrogens is 361 g/mol. The maximum absolute atomic E-state index is 12.9. The third-order valence-corrected chi connectivity index (χ3v) is 3.79. The third-order valence-electron chi connectivity index (χ3n) is 3.48. The van der Waals surface area contributed by atoms with Crippen molar-refractivity contribution in [3.05, 3.63) is 58.4 Å². The van der Waals surface area contributed by atoms with E-state index < -0.39 is 24.3 Å². The molecule has 0 saturated heterocycles. The summed E-state index contributed by atoms with van der Waals surface area (Å²) in [5.74, 6) is -0.928. The zero-order valence-corrected chi connectivity index (χ0v) is 15.2. The maximum atomic E-state index is 12.9. The predicted octanol–water partition coefficient (Wildman–Crippen LogP) is 4.05. The Hall–Kier alpha value is -2.60. The molecule has 0 aliphatic rings. The molecule has 0 bridgehead atoms. The number of hydrogen-bond donors (Lipinski definition) is 1. The van der Waals surface area contributed by atoms with Gasteiger partial charge < -0.3 is 14.8 Å². The summed E-state index contributed by atoms with van der Waals surface area (Å²) in [6, 6.07) is 9.37. The lowest BCUT2D eigenvalue weighted by Crippen LogP contribution is -2.21. The lowest BCUT2D eigenvalue weighted by atomic mass is 10.1. The monoisotopic (exact) mass is 379 g/mol. The minimum absolute atomic E-state index is 0.0119. The van der Waals surface area contributed by atoms with Crippen molar-refractivity contribution >= 4 is 29.2 Å². The van der Waals surface area contributed by atoms with Gasteiger partial charge in [-0.15, -0.1) is 0 Å². The van der Waals surface area contributed by atoms with Gasteiger partial charge in [-0.25, -0.2) is 4.39 Å². The van der Waals surface area contributed by atoms with Gasteiger partial charge in [0.1, 0.15) is 11.6 Å². The minimum Gasteiger partial charge on any atom is -0.493 e. The molecule has 2 rings (SSSR count). The van der Waals surface area contributed by atoms with E-state index in [2.05, 4.69) is 5.32 Å². The van der Waals surface area contributed by atoms with Crippen LogP contribution in [0.1, 0.15) is 17.5 Å². The van der Waals surface area contributed by atoms with Crippen molar-refractivity contribution in [2.45, 2.75) is 20.3 Å². The van der Waals surface area contributed by atoms with Gasteiger partial charge in [-0.3, -0.25) is 9.59 Å². The highest BCUT2D eigenvalue weighted by Gasteiger charge is 2.11. The molecule has 0 atom stereocenters. The number of ether oxygens (including phenoxy) is 2. The second-order valence-corrected chi connectivity index (χ2v) is 6.11. The summed E-state index contributed by atoms with van der Waals surface area (Å²) in [5.41, 5.74) is 2.27. The summed E-state index contributed by atoms with van der Waals surface area (Å²) < 4.78 is 23.4. The molecule has 0 aliphatic carbocycles. The number of esters is 1. The molecule has 7 heteroatoms. The van der Waals surface area contributed by atoms with E-state index in [0.717, 1.165) is 23.3 Å². The molecule has 0 aliphatic heterocycles. The van der Waals surface area contributed by atoms with Crippen molar-refractivity contribution in [2.24, 2.45) is 0 Å². The van der Waals surface area contributed by atoms with E-state index in [1.807, 2.05) is 32.0 Å². The van der Waals surface area contributed by atoms with E-state index in [1.165, 1.54) is 6.07 Å². The van der Waals surface area contributed by atoms with Gasteiger partial charge >= 0.3 is 5.97 Å². The number of anilines is 1. The summed E-state index contributed by atoms with van der Waals surface area (Å²) in [5, 5.41) is 2.50. The number of carbonyl (C=O) groups excluding carboxylic acids is 2. The Balaban J connectivity index is 1.72. The SMILES string of the molecule is Cc1ccc(C)c(OCCC(=O)OCC(=O)Nc2ccc(F)cc2Cl)c1. The van der Waals surface area contributed by atoms with Crippen LogP contribution >= 0.6 is 11.6 Å². The summed E-state index contributed by atoms with van der Waals surface area (Å²) in [6.45, 7) is 3.55. The van der Waals surface area contributed by atoms with Crippen molar-refractivity contribution in [3.8, 4) is 5.75 Å². The Morgan fingerprint density at radius 3 is 2.65 bits per heavy atom. The molecule has 0 heterocycles. The second-order valence-electron chi connectivity index (χ2n) is 5.70. The van der Waals surface area contributed by atoms with E-state index in [-0.39, 0.29) is 23.7 Å². The minimum atomic E-state index is -0.567. The van der Waals surface area contributed by atoms with Crippen molar-refractivity contribution in [1.29, 1.82) is 0 Å². The fourth-order valence-electron chi connectivity index (χ4n) is 2.10. The van der Waals surface area contributed by atoms with Crippen LogP contribution in [0.2, 0.25) is 5.02 Å². The highest BCUT2D eigenvalue weighted by Crippen LogP contribution is 2.22. The van der Waals surface area contributed by atoms with Crippen molar-refractivity contribution < 1.29 is 23.5 Å². The zero-order chi connectivity index (χ0) is 19.1. The van der Waals surface area contributed by atoms with Crippen LogP contribution < -0.4 is 10.1 Å². The summed E-state index contributed by atoms with van der Waals surface area (Å²) in [4.78, 5) is 23.5. The lowest BCUT2D eigenvalue weighted by molar-refractivity contribution is -0.147.